The van der Waals surface area contributed by atoms with E-state index >= 15 is 0 Å². The molecule has 0 amide bonds. The quantitative estimate of drug-likeness (QED) is 0.0993. The van der Waals surface area contributed by atoms with Crippen LogP contribution in [0.5, 0.6) is 0 Å². The molecule has 8 nitrogen and oxygen atoms in total. The molecule has 4 aromatic rings. The molecular formula is C60H54N6O2. The normalized spacial score (nSPS) is 23.4. The lowest BCUT2D eigenvalue weighted by atomic mass is 9.71. The molecule has 10 rings (SSSR count). The summed E-state index contributed by atoms with van der Waals surface area (Å²) in [5.41, 5.74) is 14.3. The second-order valence-corrected chi connectivity index (χ2v) is 18.9. The van der Waals surface area contributed by atoms with Gasteiger partial charge in [0, 0.05) is 80.1 Å². The molecule has 0 saturated heterocycles. The van der Waals surface area contributed by atoms with Crippen LogP contribution in [-0.4, -0.2) is 24.7 Å². The molecule has 4 aliphatic carbocycles. The first-order valence-corrected chi connectivity index (χ1v) is 24.1. The number of rotatable bonds is 8. The number of benzene rings is 4. The number of fused-ring (bicyclic) bond motifs is 8. The Morgan fingerprint density at radius 1 is 0.603 bits per heavy atom. The summed E-state index contributed by atoms with van der Waals surface area (Å²) in [4.78, 5) is 38.9. The van der Waals surface area contributed by atoms with Gasteiger partial charge in [0.2, 0.25) is 0 Å². The number of allylic oxidation sites excluding steroid dienone is 12. The molecule has 0 bridgehead atoms. The van der Waals surface area contributed by atoms with E-state index in [1.807, 2.05) is 60.7 Å². The molecule has 2 atom stereocenters. The molecule has 0 spiro atoms. The lowest BCUT2D eigenvalue weighted by Gasteiger charge is -2.36. The van der Waals surface area contributed by atoms with Gasteiger partial charge in [-0.05, 0) is 123 Å². The van der Waals surface area contributed by atoms with E-state index in [0.29, 0.717) is 44.5 Å². The van der Waals surface area contributed by atoms with Crippen molar-refractivity contribution in [3.8, 4) is 12.1 Å². The monoisotopic (exact) mass is 890 g/mol. The molecule has 0 unspecified atom stereocenters. The predicted octanol–water partition coefficient (Wildman–Crippen LogP) is 14.0. The lowest BCUT2D eigenvalue weighted by molar-refractivity contribution is 0.103. The highest BCUT2D eigenvalue weighted by Gasteiger charge is 2.48. The number of Topliss-reactive ketones (excluding diaryl/α,β-unsaturated/α-hetero) is 2. The average molecular weight is 891 g/mol. The minimum atomic E-state index is -0.106. The second kappa shape index (κ2) is 18.5. The molecule has 0 N–H and O–H groups in total. The van der Waals surface area contributed by atoms with Crippen molar-refractivity contribution in [2.45, 2.75) is 103 Å². The third kappa shape index (κ3) is 7.24. The van der Waals surface area contributed by atoms with Crippen LogP contribution in [0.3, 0.4) is 0 Å². The van der Waals surface area contributed by atoms with E-state index in [1.54, 1.807) is 12.1 Å². The Labute approximate surface area is 400 Å². The van der Waals surface area contributed by atoms with E-state index < -0.39 is 0 Å². The molecule has 0 radical (unpaired) electrons. The van der Waals surface area contributed by atoms with Gasteiger partial charge in [0.15, 0.2) is 11.6 Å². The third-order valence-corrected chi connectivity index (χ3v) is 14.9. The molecule has 336 valence electrons. The van der Waals surface area contributed by atoms with E-state index in [4.69, 9.17) is 13.1 Å². The fourth-order valence-corrected chi connectivity index (χ4v) is 11.9. The SMILES string of the molecule is [C-]#[N+]/C(C#N)=C1\C(=C\C2=C3N(CCCC)c4ccccc4[C@@]3(C)CCC2)C(=O)c2ccccc21.[C-]#[N+]/C(C#N)=C1\C(=C\C2=C3N(CCCC)c4ccccc4[C@]3(C)CCC2)C(=O)c2ccccc21. The number of unbranched alkanes of at least 4 members (excludes halogenated alkanes) is 2. The highest BCUT2D eigenvalue weighted by Crippen LogP contribution is 2.57. The lowest BCUT2D eigenvalue weighted by Crippen LogP contribution is -2.33. The van der Waals surface area contributed by atoms with Crippen LogP contribution < -0.4 is 9.80 Å². The summed E-state index contributed by atoms with van der Waals surface area (Å²) in [5.74, 6) is -0.198. The summed E-state index contributed by atoms with van der Waals surface area (Å²) in [5, 5.41) is 19.4. The van der Waals surface area contributed by atoms with Crippen LogP contribution in [0.2, 0.25) is 0 Å². The van der Waals surface area contributed by atoms with Gasteiger partial charge in [-0.15, -0.1) is 0 Å². The van der Waals surface area contributed by atoms with Crippen molar-refractivity contribution in [3.63, 3.8) is 0 Å². The first-order chi connectivity index (χ1) is 33.1. The van der Waals surface area contributed by atoms with Gasteiger partial charge in [0.05, 0.1) is 25.3 Å². The topological polar surface area (TPSA) is 96.9 Å². The molecular weight excluding hydrogens is 837 g/mol. The standard InChI is InChI=1S/2C30H27N3O/c2*1-4-5-17-33-26-15-9-8-14-24(26)30(2)16-10-11-20(29(30)33)18-23-27(25(19-31)32-3)21-12-6-7-13-22(21)28(23)34/h2*6-9,12-15,18H,4-5,10-11,16-17H2,1-2H3/b2*23-18-,27-25-/t2*30-/m10/s1. The Balaban J connectivity index is 0.000000170. The van der Waals surface area contributed by atoms with Gasteiger partial charge in [-0.2, -0.15) is 0 Å². The highest BCUT2D eigenvalue weighted by atomic mass is 16.1. The van der Waals surface area contributed by atoms with Crippen molar-refractivity contribution >= 4 is 34.1 Å². The highest BCUT2D eigenvalue weighted by molar-refractivity contribution is 6.28. The molecule has 68 heavy (non-hydrogen) atoms. The number of carbonyl (C=O) groups excluding carboxylic acids is 2. The van der Waals surface area contributed by atoms with Crippen molar-refractivity contribution in [1.82, 2.24) is 0 Å². The maximum atomic E-state index is 13.5. The van der Waals surface area contributed by atoms with Crippen molar-refractivity contribution in [3.05, 3.63) is 211 Å². The summed E-state index contributed by atoms with van der Waals surface area (Å²) >= 11 is 0. The molecule has 0 fully saturated rings. The van der Waals surface area contributed by atoms with Gasteiger partial charge in [-0.3, -0.25) is 9.59 Å². The van der Waals surface area contributed by atoms with Crippen LogP contribution in [-0.2, 0) is 10.8 Å². The van der Waals surface area contributed by atoms with Crippen molar-refractivity contribution in [2.24, 2.45) is 0 Å². The van der Waals surface area contributed by atoms with E-state index in [2.05, 4.69) is 95.7 Å². The number of hydrogen-bond donors (Lipinski definition) is 0. The third-order valence-electron chi connectivity index (χ3n) is 14.9. The number of hydrogen-bond acceptors (Lipinski definition) is 6. The zero-order valence-electron chi connectivity index (χ0n) is 39.4. The first-order valence-electron chi connectivity index (χ1n) is 24.1. The predicted molar refractivity (Wildman–Crippen MR) is 270 cm³/mol. The Morgan fingerprint density at radius 2 is 0.971 bits per heavy atom. The Hall–Kier alpha value is -7.78. The van der Waals surface area contributed by atoms with Crippen molar-refractivity contribution in [1.29, 1.82) is 10.5 Å². The summed E-state index contributed by atoms with van der Waals surface area (Å²) in [6.07, 6.45) is 14.3. The number of para-hydroxylation sites is 2. The van der Waals surface area contributed by atoms with E-state index in [9.17, 15) is 20.1 Å². The van der Waals surface area contributed by atoms with Crippen LogP contribution in [0.15, 0.2) is 154 Å². The molecule has 0 aromatic heterocycles. The van der Waals surface area contributed by atoms with Gasteiger partial charge in [-0.1, -0.05) is 112 Å². The summed E-state index contributed by atoms with van der Waals surface area (Å²) in [6, 6.07) is 36.0. The van der Waals surface area contributed by atoms with Crippen LogP contribution in [0.4, 0.5) is 11.4 Å². The van der Waals surface area contributed by atoms with Gasteiger partial charge >= 0.3 is 0 Å². The van der Waals surface area contributed by atoms with E-state index in [-0.39, 0.29) is 33.8 Å². The minimum absolute atomic E-state index is 0.0220. The molecule has 4 aromatic carbocycles. The minimum Gasteiger partial charge on any atom is -0.344 e. The first kappa shape index (κ1) is 45.4. The van der Waals surface area contributed by atoms with Crippen LogP contribution >= 0.6 is 0 Å². The van der Waals surface area contributed by atoms with E-state index in [0.717, 1.165) is 88.4 Å². The Kier molecular flexibility index (Phi) is 12.3. The number of nitriles is 2. The average Bonchev–Trinajstić information content (AvgIpc) is 4.00. The number of anilines is 2. The number of ketones is 2. The smallest absolute Gasteiger partial charge is 0.270 e. The largest absolute Gasteiger partial charge is 0.344 e. The molecule has 8 heteroatoms. The van der Waals surface area contributed by atoms with Crippen molar-refractivity contribution in [2.75, 3.05) is 22.9 Å². The maximum Gasteiger partial charge on any atom is 0.270 e. The fourth-order valence-electron chi connectivity index (χ4n) is 11.9. The van der Waals surface area contributed by atoms with Crippen molar-refractivity contribution < 1.29 is 9.59 Å². The van der Waals surface area contributed by atoms with Gasteiger partial charge in [0.1, 0.15) is 0 Å². The Bertz CT molecular complexity index is 2940. The van der Waals surface area contributed by atoms with E-state index in [1.165, 1.54) is 33.9 Å². The molecule has 2 heterocycles. The van der Waals surface area contributed by atoms with Gasteiger partial charge in [0.25, 0.3) is 11.4 Å². The molecule has 0 saturated carbocycles. The second-order valence-electron chi connectivity index (χ2n) is 18.9. The fraction of sp³-hybridized carbons (Fsp3) is 0.300. The number of nitrogens with zero attached hydrogens (tertiary/aromatic N) is 6. The maximum absolute atomic E-state index is 13.5. The van der Waals surface area contributed by atoms with Crippen LogP contribution in [0.1, 0.15) is 135 Å². The number of carbonyl (C=O) groups is 2. The van der Waals surface area contributed by atoms with Crippen LogP contribution in [0, 0.1) is 35.8 Å². The zero-order valence-corrected chi connectivity index (χ0v) is 39.4. The van der Waals surface area contributed by atoms with Gasteiger partial charge < -0.3 is 9.80 Å². The molecule has 6 aliphatic rings. The Morgan fingerprint density at radius 3 is 1.34 bits per heavy atom. The summed E-state index contributed by atoms with van der Waals surface area (Å²) in [7, 11) is 0. The molecule has 2 aliphatic heterocycles. The van der Waals surface area contributed by atoms with Crippen LogP contribution in [0.25, 0.3) is 20.8 Å². The summed E-state index contributed by atoms with van der Waals surface area (Å²) in [6.45, 7) is 26.1. The zero-order chi connectivity index (χ0) is 47.7. The summed E-state index contributed by atoms with van der Waals surface area (Å²) < 4.78 is 0. The van der Waals surface area contributed by atoms with Gasteiger partial charge in [-0.25, -0.2) is 20.2 Å².